The van der Waals surface area contributed by atoms with Gasteiger partial charge >= 0.3 is 29.8 Å². The number of para-hydroxylation sites is 1. The van der Waals surface area contributed by atoms with Crippen molar-refractivity contribution in [2.45, 2.75) is 236 Å². The van der Waals surface area contributed by atoms with Crippen molar-refractivity contribution in [2.24, 2.45) is 35.0 Å². The Morgan fingerprint density at radius 1 is 0.603 bits per heavy atom. The number of aromatic amines is 1. The van der Waals surface area contributed by atoms with Crippen molar-refractivity contribution in [1.82, 2.24) is 73.7 Å². The van der Waals surface area contributed by atoms with Gasteiger partial charge in [0.1, 0.15) is 72.6 Å². The van der Waals surface area contributed by atoms with Crippen LogP contribution in [-0.4, -0.2) is 270 Å². The molecular weight excluding hydrogens is 1530 g/mol. The Bertz CT molecular complexity index is 3870. The molecule has 644 valence electrons. The lowest BCUT2D eigenvalue weighted by Gasteiger charge is -2.33. The Labute approximate surface area is 665 Å². The number of H-pyrrole nitrogens is 1. The second-order valence-electron chi connectivity index (χ2n) is 28.7. The second-order valence-corrected chi connectivity index (χ2v) is 28.7. The number of rotatable bonds is 36. The Hall–Kier alpha value is -12.0. The van der Waals surface area contributed by atoms with E-state index in [4.69, 9.17) is 21.9 Å². The lowest BCUT2D eigenvalue weighted by Crippen LogP contribution is -2.64. The highest BCUT2D eigenvalue weighted by Gasteiger charge is 2.44. The number of esters is 1. The zero-order valence-corrected chi connectivity index (χ0v) is 65.6. The third-order valence-corrected chi connectivity index (χ3v) is 18.6. The fraction of sp³-hybridized carbons (Fsp3) is 0.611. The molecule has 44 nitrogen and oxygen atoms in total. The number of nitrogens with one attached hydrogen (secondary N) is 13. The van der Waals surface area contributed by atoms with Crippen molar-refractivity contribution >= 4 is 129 Å². The Balaban J connectivity index is 2.29. The molecule has 1 aliphatic heterocycles. The van der Waals surface area contributed by atoms with Crippen LogP contribution in [-0.2, 0) is 107 Å². The predicted molar refractivity (Wildman–Crippen MR) is 403 cm³/mol. The molecule has 1 saturated heterocycles. The summed E-state index contributed by atoms with van der Waals surface area (Å²) in [4.78, 5) is 277. The van der Waals surface area contributed by atoms with E-state index in [0.717, 1.165) is 47.1 Å². The third kappa shape index (κ3) is 32.9. The highest BCUT2D eigenvalue weighted by atomic mass is 16.5. The van der Waals surface area contributed by atoms with Gasteiger partial charge in [-0.05, 0) is 81.9 Å². The van der Waals surface area contributed by atoms with Crippen molar-refractivity contribution < 1.29 is 131 Å². The largest absolute Gasteiger partial charge is 0.481 e. The van der Waals surface area contributed by atoms with Crippen LogP contribution in [0.3, 0.4) is 0 Å². The van der Waals surface area contributed by atoms with Gasteiger partial charge < -0.3 is 126 Å². The maximum atomic E-state index is 15.0. The number of carbonyl (C=O) groups is 20. The van der Waals surface area contributed by atoms with Crippen LogP contribution in [0.1, 0.15) is 150 Å². The number of likely N-dealkylation sites (N-methyl/N-ethyl adjacent to an activating group) is 1. The smallest absolute Gasteiger partial charge is 0.335 e. The van der Waals surface area contributed by atoms with Gasteiger partial charge in [0, 0.05) is 43.4 Å². The van der Waals surface area contributed by atoms with E-state index in [0.29, 0.717) is 40.1 Å². The molecule has 16 atom stereocenters. The van der Waals surface area contributed by atoms with Gasteiger partial charge in [0.05, 0.1) is 32.4 Å². The number of hydrogen-bond acceptors (Lipinski definition) is 24. The first-order chi connectivity index (χ1) is 54.4. The Morgan fingerprint density at radius 3 is 1.81 bits per heavy atom. The summed E-state index contributed by atoms with van der Waals surface area (Å²) in [5.74, 6) is -31.3. The van der Waals surface area contributed by atoms with Gasteiger partial charge in [-0.1, -0.05) is 84.9 Å². The van der Waals surface area contributed by atoms with Gasteiger partial charge in [-0.2, -0.15) is 0 Å². The van der Waals surface area contributed by atoms with Crippen molar-refractivity contribution in [2.75, 3.05) is 26.7 Å². The molecule has 15 amide bonds. The van der Waals surface area contributed by atoms with Gasteiger partial charge in [0.2, 0.25) is 88.6 Å². The van der Waals surface area contributed by atoms with E-state index in [9.17, 15) is 127 Å². The Morgan fingerprint density at radius 2 is 1.21 bits per heavy atom. The van der Waals surface area contributed by atoms with Crippen LogP contribution in [0.15, 0.2) is 30.5 Å². The van der Waals surface area contributed by atoms with Gasteiger partial charge in [-0.25, -0.2) is 9.59 Å². The van der Waals surface area contributed by atoms with E-state index >= 15 is 0 Å². The highest BCUT2D eigenvalue weighted by molar-refractivity contribution is 6.02. The zero-order valence-electron chi connectivity index (χ0n) is 65.6. The van der Waals surface area contributed by atoms with Crippen LogP contribution in [0.25, 0.3) is 10.9 Å². The molecule has 0 saturated carbocycles. The summed E-state index contributed by atoms with van der Waals surface area (Å²) >= 11 is 0. The van der Waals surface area contributed by atoms with Gasteiger partial charge in [0.15, 0.2) is 12.2 Å². The summed E-state index contributed by atoms with van der Waals surface area (Å²) in [5, 5.41) is 88.2. The average Bonchev–Trinajstić information content (AvgIpc) is 1.51. The number of carboxylic acid groups (broad SMARTS) is 4. The molecule has 0 aliphatic carbocycles. The normalized spacial score (nSPS) is 22.1. The number of ether oxygens (including phenoxy) is 1. The molecule has 25 N–H and O–H groups in total. The van der Waals surface area contributed by atoms with E-state index in [1.807, 2.05) is 21.3 Å². The van der Waals surface area contributed by atoms with Crippen molar-refractivity contribution in [3.05, 3.63) is 36.0 Å². The van der Waals surface area contributed by atoms with Crippen LogP contribution < -0.4 is 81.0 Å². The number of carboxylic acids is 4. The van der Waals surface area contributed by atoms with Gasteiger partial charge in [0.25, 0.3) is 0 Å². The summed E-state index contributed by atoms with van der Waals surface area (Å²) in [7, 11) is 0.889. The molecule has 1 aromatic carbocycles. The summed E-state index contributed by atoms with van der Waals surface area (Å²) in [6.07, 6.45) is -7.94. The quantitative estimate of drug-likeness (QED) is 0.0223. The van der Waals surface area contributed by atoms with Gasteiger partial charge in [-0.15, -0.1) is 0 Å². The molecule has 3 rings (SSSR count). The number of benzene rings is 1. The van der Waals surface area contributed by atoms with Crippen molar-refractivity contribution in [3.63, 3.8) is 0 Å². The number of aliphatic carboxylic acids is 4. The number of nitrogens with zero attached hydrogens (tertiary/aromatic N) is 1. The molecule has 1 aliphatic rings. The van der Waals surface area contributed by atoms with Crippen LogP contribution in [0.2, 0.25) is 0 Å². The number of carbonyl (C=O) groups excluding carboxylic acids is 16. The SMILES string of the molecule is CCC(C)C1NC(=O)C(C(C)CC(=O)O)NC(=O)C(CC(N)=O)NC(=O)CNC(=O)C(C(O)C(=O)O)NC(=O)C(CCCCN)NC(=O)C(CC(=O)O)NC(=O)C(C)NC(=O)CN(C)C(=O)C(NC(=O)C(NC(=O)C(CCC(=O)O)NC(=O)C(Cc2c[nH]c3ccccc23)NC(=O)CCCCCCC(C)C)C(O)C(N)=O)C(C)OC1=O. The Kier molecular flexibility index (Phi) is 40.9. The average molecular weight is 1640 g/mol. The van der Waals surface area contributed by atoms with E-state index < -0.39 is 267 Å². The molecule has 1 aromatic heterocycles. The second kappa shape index (κ2) is 48.3. The standard InChI is InChI=1S/C72H109N17O27/c1-9-34(4)54-72(115)116-37(7)55(86-69(111)56(58(100)60(75)102)87-63(105)42(23-24-50(94)95)82-64(106)43(27-38-30-76-40-20-15-14-19-39(38)40)79-47(91)22-13-11-10-12-18-33(2)3)70(112)89(8)32-49(93)78-36(6)61(103)83-45(29-52(98)99)65(107)81-41(21-16-17-25-73)62(104)88-57(59(101)71(113)114)67(109)77-31-48(92)80-44(28-46(74)90)66(108)84-53(68(110)85-54)35(5)26-51(96)97/h14-15,19-20,30,33-37,41-45,53-59,76,100-101H,9-13,16-18,21-29,31-32,73H2,1-8H3,(H2,74,90)(H2,75,102)(H,77,109)(H,78,93)(H,79,91)(H,80,92)(H,81,107)(H,82,106)(H,83,103)(H,84,108)(H,85,110)(H,86,111)(H,87,105)(H,88,104)(H,94,95)(H,96,97)(H,98,99)(H,113,114). The number of unbranched alkanes of at least 4 members (excludes halogenated alkanes) is 4. The highest BCUT2D eigenvalue weighted by Crippen LogP contribution is 2.22. The monoisotopic (exact) mass is 1640 g/mol. The summed E-state index contributed by atoms with van der Waals surface area (Å²) in [5.41, 5.74) is 17.7. The molecule has 0 bridgehead atoms. The van der Waals surface area contributed by atoms with E-state index in [-0.39, 0.29) is 38.6 Å². The number of cyclic esters (lactones) is 1. The number of aromatic nitrogens is 1. The predicted octanol–water partition coefficient (Wildman–Crippen LogP) is -6.63. The molecule has 2 aromatic rings. The summed E-state index contributed by atoms with van der Waals surface area (Å²) in [6.45, 7) is 7.60. The summed E-state index contributed by atoms with van der Waals surface area (Å²) in [6, 6.07) is -16.2. The number of nitrogens with two attached hydrogens (primary N) is 3. The first kappa shape index (κ1) is 98.2. The molecule has 44 heteroatoms. The molecule has 16 unspecified atom stereocenters. The number of aliphatic hydroxyl groups is 2. The van der Waals surface area contributed by atoms with Crippen LogP contribution in [0.5, 0.6) is 0 Å². The molecule has 116 heavy (non-hydrogen) atoms. The van der Waals surface area contributed by atoms with Crippen molar-refractivity contribution in [3.8, 4) is 0 Å². The molecular formula is C72H109N17O27. The topological polar surface area (TPSA) is 713 Å². The minimum absolute atomic E-state index is 0.0136. The van der Waals surface area contributed by atoms with E-state index in [1.54, 1.807) is 30.5 Å². The fourth-order valence-electron chi connectivity index (χ4n) is 11.9. The zero-order chi connectivity index (χ0) is 87.5. The molecule has 0 spiro atoms. The minimum atomic E-state index is -2.84. The lowest BCUT2D eigenvalue weighted by molar-refractivity contribution is -0.159. The number of aliphatic hydroxyl groups excluding tert-OH is 2. The molecule has 0 radical (unpaired) electrons. The number of fused-ring (bicyclic) bond motifs is 1. The van der Waals surface area contributed by atoms with Crippen molar-refractivity contribution in [1.29, 1.82) is 0 Å². The van der Waals surface area contributed by atoms with Crippen LogP contribution in [0.4, 0.5) is 0 Å². The molecule has 2 heterocycles. The van der Waals surface area contributed by atoms with E-state index in [2.05, 4.69) is 61.4 Å². The van der Waals surface area contributed by atoms with Gasteiger partial charge in [-0.3, -0.25) is 86.3 Å². The summed E-state index contributed by atoms with van der Waals surface area (Å²) < 4.78 is 5.76. The minimum Gasteiger partial charge on any atom is -0.481 e. The van der Waals surface area contributed by atoms with Crippen LogP contribution in [0, 0.1) is 17.8 Å². The number of primary amides is 2. The number of hydrogen-bond donors (Lipinski definition) is 22. The van der Waals surface area contributed by atoms with Crippen LogP contribution >= 0.6 is 0 Å². The lowest BCUT2D eigenvalue weighted by atomic mass is 9.94. The number of amides is 15. The van der Waals surface area contributed by atoms with E-state index in [1.165, 1.54) is 13.8 Å². The third-order valence-electron chi connectivity index (χ3n) is 18.6. The maximum absolute atomic E-state index is 15.0. The first-order valence-corrected chi connectivity index (χ1v) is 37.5. The molecule has 1 fully saturated rings. The fourth-order valence-corrected chi connectivity index (χ4v) is 11.9. The maximum Gasteiger partial charge on any atom is 0.335 e. The first-order valence-electron chi connectivity index (χ1n) is 37.5.